The van der Waals surface area contributed by atoms with Crippen LogP contribution >= 0.6 is 0 Å². The van der Waals surface area contributed by atoms with Crippen molar-refractivity contribution in [2.45, 2.75) is 52.4 Å². The van der Waals surface area contributed by atoms with Crippen molar-refractivity contribution < 1.29 is 9.13 Å². The Morgan fingerprint density at radius 3 is 2.43 bits per heavy atom. The Kier molecular flexibility index (Phi) is 6.98. The summed E-state index contributed by atoms with van der Waals surface area (Å²) < 4.78 is 19.7. The van der Waals surface area contributed by atoms with E-state index >= 15 is 0 Å². The lowest BCUT2D eigenvalue weighted by atomic mass is 10.1. The van der Waals surface area contributed by atoms with Gasteiger partial charge in [-0.2, -0.15) is 9.37 Å². The Labute approximate surface area is 137 Å². The highest BCUT2D eigenvalue weighted by molar-refractivity contribution is 5.56. The Bertz CT molecular complexity index is 599. The number of aryl methyl sites for hydroxylation is 1. The Morgan fingerprint density at radius 1 is 1.00 bits per heavy atom. The standard InChI is InChI=1S/C19H25FN2O/c1-3-5-6-7-8-16-14-21-19(22-18(16)20)15-9-11-17(12-10-15)23-13-4-2/h9-12,14H,3-8,13H2,1-2H3. The number of benzene rings is 1. The third-order valence-corrected chi connectivity index (χ3v) is 3.70. The lowest BCUT2D eigenvalue weighted by Gasteiger charge is -2.07. The maximum Gasteiger partial charge on any atom is 0.219 e. The minimum atomic E-state index is -0.405. The number of halogens is 1. The zero-order chi connectivity index (χ0) is 16.5. The molecule has 1 aromatic heterocycles. The van der Waals surface area contributed by atoms with E-state index in [1.54, 1.807) is 6.20 Å². The van der Waals surface area contributed by atoms with Gasteiger partial charge in [0, 0.05) is 17.3 Å². The molecule has 1 aromatic carbocycles. The highest BCUT2D eigenvalue weighted by Crippen LogP contribution is 2.20. The number of hydrogen-bond donors (Lipinski definition) is 0. The second-order valence-electron chi connectivity index (χ2n) is 5.69. The highest BCUT2D eigenvalue weighted by Gasteiger charge is 2.08. The number of aromatic nitrogens is 2. The molecule has 0 radical (unpaired) electrons. The first-order valence-corrected chi connectivity index (χ1v) is 8.49. The first-order valence-electron chi connectivity index (χ1n) is 8.49. The van der Waals surface area contributed by atoms with Crippen molar-refractivity contribution in [2.24, 2.45) is 0 Å². The van der Waals surface area contributed by atoms with Crippen molar-refractivity contribution in [1.29, 1.82) is 0 Å². The van der Waals surface area contributed by atoms with Crippen LogP contribution in [0.2, 0.25) is 0 Å². The minimum Gasteiger partial charge on any atom is -0.494 e. The van der Waals surface area contributed by atoms with Crippen LogP contribution in [-0.4, -0.2) is 16.6 Å². The van der Waals surface area contributed by atoms with Gasteiger partial charge in [0.2, 0.25) is 5.95 Å². The first kappa shape index (κ1) is 17.4. The molecule has 0 fully saturated rings. The van der Waals surface area contributed by atoms with Crippen LogP contribution in [0.1, 0.15) is 51.5 Å². The van der Waals surface area contributed by atoms with Gasteiger partial charge in [-0.3, -0.25) is 0 Å². The van der Waals surface area contributed by atoms with E-state index in [2.05, 4.69) is 23.8 Å². The van der Waals surface area contributed by atoms with E-state index in [0.717, 1.165) is 30.6 Å². The molecule has 0 spiro atoms. The van der Waals surface area contributed by atoms with Gasteiger partial charge < -0.3 is 4.74 Å². The molecule has 23 heavy (non-hydrogen) atoms. The maximum absolute atomic E-state index is 14.1. The van der Waals surface area contributed by atoms with Gasteiger partial charge in [0.1, 0.15) is 5.75 Å². The van der Waals surface area contributed by atoms with Gasteiger partial charge in [0.25, 0.3) is 0 Å². The molecule has 4 heteroatoms. The van der Waals surface area contributed by atoms with Gasteiger partial charge in [-0.25, -0.2) is 4.98 Å². The van der Waals surface area contributed by atoms with Crippen LogP contribution in [0.4, 0.5) is 4.39 Å². The summed E-state index contributed by atoms with van der Waals surface area (Å²) in [5.74, 6) is 0.822. The lowest BCUT2D eigenvalue weighted by Crippen LogP contribution is -2.00. The Balaban J connectivity index is 2.01. The van der Waals surface area contributed by atoms with Crippen LogP contribution in [-0.2, 0) is 6.42 Å². The van der Waals surface area contributed by atoms with Gasteiger partial charge in [0.05, 0.1) is 6.61 Å². The number of nitrogens with zero attached hydrogens (tertiary/aromatic N) is 2. The van der Waals surface area contributed by atoms with Gasteiger partial charge >= 0.3 is 0 Å². The molecule has 124 valence electrons. The maximum atomic E-state index is 14.1. The number of unbranched alkanes of at least 4 members (excludes halogenated alkanes) is 3. The van der Waals surface area contributed by atoms with Crippen molar-refractivity contribution >= 4 is 0 Å². The third-order valence-electron chi connectivity index (χ3n) is 3.70. The van der Waals surface area contributed by atoms with Crippen LogP contribution < -0.4 is 4.74 Å². The number of rotatable bonds is 9. The molecule has 0 unspecified atom stereocenters. The Morgan fingerprint density at radius 2 is 1.78 bits per heavy atom. The summed E-state index contributed by atoms with van der Waals surface area (Å²) in [4.78, 5) is 8.32. The molecular formula is C19H25FN2O. The highest BCUT2D eigenvalue weighted by atomic mass is 19.1. The molecule has 0 aliphatic rings. The molecule has 2 aromatic rings. The van der Waals surface area contributed by atoms with Crippen LogP contribution in [0, 0.1) is 5.95 Å². The molecule has 2 rings (SSSR count). The van der Waals surface area contributed by atoms with E-state index in [-0.39, 0.29) is 0 Å². The SMILES string of the molecule is CCCCCCc1cnc(-c2ccc(OCCC)cc2)nc1F. The van der Waals surface area contributed by atoms with Gasteiger partial charge in [-0.15, -0.1) is 0 Å². The second kappa shape index (κ2) is 9.23. The van der Waals surface area contributed by atoms with Crippen molar-refractivity contribution in [1.82, 2.24) is 9.97 Å². The predicted octanol–water partition coefficient (Wildman–Crippen LogP) is 5.19. The van der Waals surface area contributed by atoms with Crippen LogP contribution in [0.5, 0.6) is 5.75 Å². The fraction of sp³-hybridized carbons (Fsp3) is 0.474. The van der Waals surface area contributed by atoms with E-state index in [1.165, 1.54) is 12.8 Å². The molecular weight excluding hydrogens is 291 g/mol. The number of ether oxygens (including phenoxy) is 1. The Hall–Kier alpha value is -1.97. The van der Waals surface area contributed by atoms with E-state index in [4.69, 9.17) is 4.74 Å². The second-order valence-corrected chi connectivity index (χ2v) is 5.69. The summed E-state index contributed by atoms with van der Waals surface area (Å²) >= 11 is 0. The lowest BCUT2D eigenvalue weighted by molar-refractivity contribution is 0.317. The molecule has 0 aliphatic heterocycles. The predicted molar refractivity (Wildman–Crippen MR) is 91.1 cm³/mol. The summed E-state index contributed by atoms with van der Waals surface area (Å²) in [6.45, 7) is 4.92. The van der Waals surface area contributed by atoms with Crippen molar-refractivity contribution in [2.75, 3.05) is 6.61 Å². The number of hydrogen-bond acceptors (Lipinski definition) is 3. The molecule has 0 aliphatic carbocycles. The van der Waals surface area contributed by atoms with Crippen molar-refractivity contribution in [3.8, 4) is 17.1 Å². The molecule has 0 N–H and O–H groups in total. The summed E-state index contributed by atoms with van der Waals surface area (Å²) in [7, 11) is 0. The molecule has 0 saturated carbocycles. The fourth-order valence-corrected chi connectivity index (χ4v) is 2.36. The monoisotopic (exact) mass is 316 g/mol. The largest absolute Gasteiger partial charge is 0.494 e. The van der Waals surface area contributed by atoms with Crippen molar-refractivity contribution in [3.63, 3.8) is 0 Å². The quantitative estimate of drug-likeness (QED) is 0.471. The van der Waals surface area contributed by atoms with E-state index in [9.17, 15) is 4.39 Å². The molecule has 3 nitrogen and oxygen atoms in total. The van der Waals surface area contributed by atoms with Gasteiger partial charge in [-0.1, -0.05) is 33.1 Å². The first-order chi connectivity index (χ1) is 11.2. The van der Waals surface area contributed by atoms with Crippen molar-refractivity contribution in [3.05, 3.63) is 42.0 Å². The fourth-order valence-electron chi connectivity index (χ4n) is 2.36. The summed E-state index contributed by atoms with van der Waals surface area (Å²) in [6.07, 6.45) is 7.76. The van der Waals surface area contributed by atoms with Gasteiger partial charge in [0.15, 0.2) is 5.82 Å². The average molecular weight is 316 g/mol. The minimum absolute atomic E-state index is 0.405. The van der Waals surface area contributed by atoms with Crippen LogP contribution in [0.25, 0.3) is 11.4 Å². The zero-order valence-corrected chi connectivity index (χ0v) is 14.0. The third kappa shape index (κ3) is 5.31. The zero-order valence-electron chi connectivity index (χ0n) is 14.0. The van der Waals surface area contributed by atoms with Crippen LogP contribution in [0.15, 0.2) is 30.5 Å². The smallest absolute Gasteiger partial charge is 0.219 e. The van der Waals surface area contributed by atoms with E-state index < -0.39 is 5.95 Å². The van der Waals surface area contributed by atoms with E-state index in [0.29, 0.717) is 24.4 Å². The topological polar surface area (TPSA) is 35.0 Å². The molecule has 0 bridgehead atoms. The molecule has 0 saturated heterocycles. The molecule has 0 amide bonds. The average Bonchev–Trinajstić information content (AvgIpc) is 2.58. The van der Waals surface area contributed by atoms with E-state index in [1.807, 2.05) is 24.3 Å². The summed E-state index contributed by atoms with van der Waals surface area (Å²) in [5, 5.41) is 0. The van der Waals surface area contributed by atoms with Crippen LogP contribution in [0.3, 0.4) is 0 Å². The van der Waals surface area contributed by atoms with Gasteiger partial charge in [-0.05, 0) is 43.5 Å². The molecule has 0 atom stereocenters. The molecule has 1 heterocycles. The summed E-state index contributed by atoms with van der Waals surface area (Å²) in [6, 6.07) is 7.46. The normalized spacial score (nSPS) is 10.7. The summed E-state index contributed by atoms with van der Waals surface area (Å²) in [5.41, 5.74) is 1.40.